The highest BCUT2D eigenvalue weighted by molar-refractivity contribution is 6.02. The molecule has 4 heteroatoms. The first-order valence-corrected chi connectivity index (χ1v) is 10.1. The van der Waals surface area contributed by atoms with Crippen LogP contribution in [0.4, 0.5) is 0 Å². The predicted molar refractivity (Wildman–Crippen MR) is 129 cm³/mol. The van der Waals surface area contributed by atoms with Crippen LogP contribution in [0.1, 0.15) is 24.5 Å². The largest absolute Gasteiger partial charge is 0.481 e. The highest BCUT2D eigenvalue weighted by atomic mass is 16.5. The molecule has 4 nitrogen and oxygen atoms in total. The van der Waals surface area contributed by atoms with E-state index in [0.29, 0.717) is 18.9 Å². The van der Waals surface area contributed by atoms with Crippen molar-refractivity contribution in [3.63, 3.8) is 0 Å². The van der Waals surface area contributed by atoms with Gasteiger partial charge in [-0.25, -0.2) is 0 Å². The molecular weight excluding hydrogens is 386 g/mol. The molecule has 0 radical (unpaired) electrons. The van der Waals surface area contributed by atoms with Crippen LogP contribution >= 0.6 is 0 Å². The van der Waals surface area contributed by atoms with E-state index in [1.807, 2.05) is 54.6 Å². The van der Waals surface area contributed by atoms with Crippen molar-refractivity contribution in [1.29, 1.82) is 5.41 Å². The molecule has 0 fully saturated rings. The molecule has 0 aromatic heterocycles. The predicted octanol–water partition coefficient (Wildman–Crippen LogP) is 6.15. The zero-order valence-corrected chi connectivity index (χ0v) is 18.1. The Bertz CT molecular complexity index is 914. The summed E-state index contributed by atoms with van der Waals surface area (Å²) in [6.45, 7) is 10.2. The summed E-state index contributed by atoms with van der Waals surface area (Å²) in [7, 11) is 0. The smallest absolute Gasteiger partial charge is 0.307 e. The van der Waals surface area contributed by atoms with Gasteiger partial charge in [-0.05, 0) is 40.8 Å². The van der Waals surface area contributed by atoms with Crippen molar-refractivity contribution in [2.45, 2.75) is 26.4 Å². The standard InChI is InChI=1S/C27H31NO3/c1-4-10-22(6-3)15-17-26(28)18-16-23(11-5-2)12-9-19-31-21-25-14-8-7-13-24(25)20-27(29)30/h4,6-18,28H,1,3,5,19-21H2,2H3,(H,29,30)/b12-9-,17-15-,18-16+,22-10+,23-11+,28-26?. The van der Waals surface area contributed by atoms with Crippen molar-refractivity contribution in [2.24, 2.45) is 0 Å². The number of hydrogen-bond acceptors (Lipinski definition) is 3. The molecule has 1 rings (SSSR count). The fraction of sp³-hybridized carbons (Fsp3) is 0.185. The molecule has 0 unspecified atom stereocenters. The third kappa shape index (κ3) is 11.3. The lowest BCUT2D eigenvalue weighted by Gasteiger charge is -2.07. The zero-order valence-electron chi connectivity index (χ0n) is 18.1. The van der Waals surface area contributed by atoms with Gasteiger partial charge in [-0.3, -0.25) is 4.79 Å². The van der Waals surface area contributed by atoms with Gasteiger partial charge in [0, 0.05) is 0 Å². The van der Waals surface area contributed by atoms with Crippen LogP contribution in [0.3, 0.4) is 0 Å². The summed E-state index contributed by atoms with van der Waals surface area (Å²) in [5.74, 6) is -0.855. The fourth-order valence-corrected chi connectivity index (χ4v) is 2.64. The second-order valence-electron chi connectivity index (χ2n) is 6.60. The van der Waals surface area contributed by atoms with Gasteiger partial charge in [-0.2, -0.15) is 0 Å². The fourth-order valence-electron chi connectivity index (χ4n) is 2.64. The summed E-state index contributed by atoms with van der Waals surface area (Å²) in [5.41, 5.74) is 3.90. The van der Waals surface area contributed by atoms with Crippen molar-refractivity contribution in [2.75, 3.05) is 6.61 Å². The number of carboxylic acids is 1. The molecule has 1 aromatic rings. The number of allylic oxidation sites excluding steroid dienone is 11. The molecule has 2 N–H and O–H groups in total. The molecule has 0 saturated heterocycles. The van der Waals surface area contributed by atoms with E-state index in [2.05, 4.69) is 26.2 Å². The van der Waals surface area contributed by atoms with Crippen LogP contribution in [0.25, 0.3) is 0 Å². The van der Waals surface area contributed by atoms with Gasteiger partial charge >= 0.3 is 5.97 Å². The Hall–Kier alpha value is -3.50. The summed E-state index contributed by atoms with van der Waals surface area (Å²) >= 11 is 0. The summed E-state index contributed by atoms with van der Waals surface area (Å²) < 4.78 is 5.69. The average Bonchev–Trinajstić information content (AvgIpc) is 2.75. The van der Waals surface area contributed by atoms with Crippen molar-refractivity contribution in [1.82, 2.24) is 0 Å². The second-order valence-corrected chi connectivity index (χ2v) is 6.60. The molecule has 0 aliphatic carbocycles. The van der Waals surface area contributed by atoms with Crippen molar-refractivity contribution in [3.8, 4) is 0 Å². The number of hydrogen-bond donors (Lipinski definition) is 2. The van der Waals surface area contributed by atoms with Gasteiger partial charge in [0.25, 0.3) is 0 Å². The third-order valence-electron chi connectivity index (χ3n) is 4.14. The minimum absolute atomic E-state index is 0.0123. The molecule has 0 spiro atoms. The van der Waals surface area contributed by atoms with Crippen LogP contribution < -0.4 is 0 Å². The maximum Gasteiger partial charge on any atom is 0.307 e. The highest BCUT2D eigenvalue weighted by Crippen LogP contribution is 2.11. The number of carbonyl (C=O) groups is 1. The maximum atomic E-state index is 11.0. The van der Waals surface area contributed by atoms with Gasteiger partial charge in [0.15, 0.2) is 0 Å². The number of ether oxygens (including phenoxy) is 1. The number of benzene rings is 1. The molecule has 1 aromatic carbocycles. The molecule has 0 aliphatic rings. The Morgan fingerprint density at radius 2 is 1.74 bits per heavy atom. The first-order valence-electron chi connectivity index (χ1n) is 10.1. The quantitative estimate of drug-likeness (QED) is 0.217. The monoisotopic (exact) mass is 417 g/mol. The number of nitrogens with one attached hydrogen (secondary N) is 1. The van der Waals surface area contributed by atoms with Gasteiger partial charge < -0.3 is 15.3 Å². The summed E-state index contributed by atoms with van der Waals surface area (Å²) in [6.07, 6.45) is 19.2. The molecule has 0 heterocycles. The van der Waals surface area contributed by atoms with Crippen LogP contribution in [-0.4, -0.2) is 23.4 Å². The average molecular weight is 418 g/mol. The molecule has 0 bridgehead atoms. The lowest BCUT2D eigenvalue weighted by Crippen LogP contribution is -2.04. The number of aliphatic carboxylic acids is 1. The Morgan fingerprint density at radius 1 is 1.06 bits per heavy atom. The van der Waals surface area contributed by atoms with Gasteiger partial charge in [0.1, 0.15) is 0 Å². The molecule has 0 aliphatic heterocycles. The Labute approximate surface area is 185 Å². The van der Waals surface area contributed by atoms with E-state index in [1.165, 1.54) is 0 Å². The van der Waals surface area contributed by atoms with E-state index in [9.17, 15) is 4.79 Å². The van der Waals surface area contributed by atoms with Crippen LogP contribution in [0.2, 0.25) is 0 Å². The minimum atomic E-state index is -0.855. The van der Waals surface area contributed by atoms with E-state index in [4.69, 9.17) is 15.3 Å². The maximum absolute atomic E-state index is 11.0. The lowest BCUT2D eigenvalue weighted by molar-refractivity contribution is -0.136. The first-order chi connectivity index (χ1) is 15.0. The molecule has 162 valence electrons. The van der Waals surface area contributed by atoms with Gasteiger partial charge in [-0.15, -0.1) is 0 Å². The summed E-state index contributed by atoms with van der Waals surface area (Å²) in [4.78, 5) is 11.0. The Balaban J connectivity index is 2.62. The topological polar surface area (TPSA) is 70.4 Å². The van der Waals surface area contributed by atoms with E-state index in [0.717, 1.165) is 28.7 Å². The van der Waals surface area contributed by atoms with Crippen LogP contribution in [-0.2, 0) is 22.6 Å². The lowest BCUT2D eigenvalue weighted by atomic mass is 10.1. The normalized spacial score (nSPS) is 12.7. The SMILES string of the molecule is C=C/C=C(C=C)/C=C\C(=N)/C=C/C(/C=C\COCc1ccccc1CC(=O)O)=C/CC. The van der Waals surface area contributed by atoms with Crippen molar-refractivity contribution >= 4 is 11.7 Å². The van der Waals surface area contributed by atoms with Crippen molar-refractivity contribution in [3.05, 3.63) is 120 Å². The number of carboxylic acid groups (broad SMARTS) is 1. The first kappa shape index (κ1) is 25.5. The van der Waals surface area contributed by atoms with Crippen LogP contribution in [0.15, 0.2) is 109 Å². The number of rotatable bonds is 14. The molecule has 0 atom stereocenters. The van der Waals surface area contributed by atoms with Crippen LogP contribution in [0.5, 0.6) is 0 Å². The zero-order chi connectivity index (χ0) is 22.9. The highest BCUT2D eigenvalue weighted by Gasteiger charge is 2.05. The summed E-state index contributed by atoms with van der Waals surface area (Å²) in [6, 6.07) is 7.40. The minimum Gasteiger partial charge on any atom is -0.481 e. The second kappa shape index (κ2) is 15.4. The summed E-state index contributed by atoms with van der Waals surface area (Å²) in [5, 5.41) is 17.0. The van der Waals surface area contributed by atoms with Gasteiger partial charge in [0.2, 0.25) is 0 Å². The molecule has 31 heavy (non-hydrogen) atoms. The molecular formula is C27H31NO3. The third-order valence-corrected chi connectivity index (χ3v) is 4.14. The van der Waals surface area contributed by atoms with E-state index in [1.54, 1.807) is 24.3 Å². The van der Waals surface area contributed by atoms with E-state index in [-0.39, 0.29) is 6.42 Å². The Kier molecular flexibility index (Phi) is 12.6. The van der Waals surface area contributed by atoms with Gasteiger partial charge in [-0.1, -0.05) is 93.0 Å². The van der Waals surface area contributed by atoms with Crippen LogP contribution in [0, 0.1) is 5.41 Å². The Morgan fingerprint density at radius 3 is 2.35 bits per heavy atom. The van der Waals surface area contributed by atoms with Gasteiger partial charge in [0.05, 0.1) is 25.3 Å². The molecule has 0 amide bonds. The van der Waals surface area contributed by atoms with Crippen molar-refractivity contribution < 1.29 is 14.6 Å². The van der Waals surface area contributed by atoms with E-state index >= 15 is 0 Å². The van der Waals surface area contributed by atoms with E-state index < -0.39 is 5.97 Å². The molecule has 0 saturated carbocycles.